The van der Waals surface area contributed by atoms with Crippen molar-refractivity contribution in [1.82, 2.24) is 25.5 Å². The van der Waals surface area contributed by atoms with Crippen LogP contribution in [0.3, 0.4) is 0 Å². The van der Waals surface area contributed by atoms with Crippen LogP contribution in [0.5, 0.6) is 23.0 Å². The number of amides is 1. The zero-order valence-electron chi connectivity index (χ0n) is 23.9. The van der Waals surface area contributed by atoms with Gasteiger partial charge in [0.2, 0.25) is 5.82 Å². The molecule has 1 aromatic heterocycles. The molecule has 0 fully saturated rings. The maximum absolute atomic E-state index is 13.9. The molecule has 0 saturated carbocycles. The molecule has 0 saturated heterocycles. The molecule has 9 nitrogen and oxygen atoms in total. The van der Waals surface area contributed by atoms with Crippen LogP contribution < -0.4 is 14.2 Å². The second kappa shape index (κ2) is 13.5. The van der Waals surface area contributed by atoms with E-state index in [2.05, 4.69) is 32.8 Å². The van der Waals surface area contributed by atoms with Gasteiger partial charge in [0.15, 0.2) is 0 Å². The number of hydrogen-bond acceptors (Lipinski definition) is 7. The molecule has 0 aliphatic heterocycles. The van der Waals surface area contributed by atoms with E-state index in [-0.39, 0.29) is 5.91 Å². The number of hydrogen-bond donors (Lipinski definition) is 1. The number of para-hydroxylation sites is 1. The van der Waals surface area contributed by atoms with Gasteiger partial charge < -0.3 is 19.1 Å². The van der Waals surface area contributed by atoms with Crippen molar-refractivity contribution in [3.05, 3.63) is 113 Å². The quantitative estimate of drug-likeness (QED) is 0.191. The van der Waals surface area contributed by atoms with Gasteiger partial charge in [-0.15, -0.1) is 10.2 Å². The average Bonchev–Trinajstić information content (AvgIpc) is 3.57. The summed E-state index contributed by atoms with van der Waals surface area (Å²) in [5, 5.41) is 14.3. The van der Waals surface area contributed by atoms with Gasteiger partial charge in [-0.25, -0.2) is 0 Å². The van der Waals surface area contributed by atoms with E-state index < -0.39 is 0 Å². The molecule has 5 aromatic rings. The summed E-state index contributed by atoms with van der Waals surface area (Å²) < 4.78 is 17.2. The van der Waals surface area contributed by atoms with E-state index in [0.29, 0.717) is 47.5 Å². The summed E-state index contributed by atoms with van der Waals surface area (Å²) in [6.07, 6.45) is 1.70. The maximum atomic E-state index is 13.9. The lowest BCUT2D eigenvalue weighted by Gasteiger charge is -2.24. The number of ether oxygens (including phenoxy) is 3. The molecule has 214 valence electrons. The first kappa shape index (κ1) is 28.4. The first-order chi connectivity index (χ1) is 20.6. The third-order valence-electron chi connectivity index (χ3n) is 7.02. The smallest absolute Gasteiger partial charge is 0.254 e. The topological polar surface area (TPSA) is 102 Å². The van der Waals surface area contributed by atoms with Crippen molar-refractivity contribution in [1.29, 1.82) is 0 Å². The molecular weight excluding hydrogens is 530 g/mol. The summed E-state index contributed by atoms with van der Waals surface area (Å²) >= 11 is 0. The third kappa shape index (κ3) is 6.75. The van der Waals surface area contributed by atoms with Crippen molar-refractivity contribution in [2.45, 2.75) is 26.3 Å². The van der Waals surface area contributed by atoms with Gasteiger partial charge in [0.25, 0.3) is 5.91 Å². The molecule has 9 heteroatoms. The number of benzene rings is 4. The second-order valence-electron chi connectivity index (χ2n) is 9.80. The Labute approximate surface area is 245 Å². The molecule has 1 amide bonds. The van der Waals surface area contributed by atoms with Gasteiger partial charge in [-0.1, -0.05) is 54.6 Å². The number of rotatable bonds is 12. The van der Waals surface area contributed by atoms with E-state index in [1.807, 2.05) is 78.6 Å². The standard InChI is InChI=1S/C33H33N5O4/c1-23-30(40-2)20-26(21-31(23)41-3)33(39)38(19-9-12-24-10-5-4-6-11-24)22-25-15-17-27(18-16-25)42-29-14-8-7-13-28(29)32-34-36-37-35-32/h4-8,10-11,13-18,20-21H,9,12,19,22H2,1-3H3,(H,34,35,36,37). The minimum atomic E-state index is -0.0889. The van der Waals surface area contributed by atoms with Gasteiger partial charge in [0.05, 0.1) is 19.8 Å². The Morgan fingerprint density at radius 3 is 2.19 bits per heavy atom. The van der Waals surface area contributed by atoms with Crippen molar-refractivity contribution in [3.63, 3.8) is 0 Å². The molecule has 0 aliphatic rings. The van der Waals surface area contributed by atoms with Gasteiger partial charge in [0, 0.05) is 24.2 Å². The van der Waals surface area contributed by atoms with Gasteiger partial charge in [-0.2, -0.15) is 5.21 Å². The summed E-state index contributed by atoms with van der Waals surface area (Å²) in [5.74, 6) is 2.87. The maximum Gasteiger partial charge on any atom is 0.254 e. The van der Waals surface area contributed by atoms with Crippen LogP contribution in [0.25, 0.3) is 11.4 Å². The normalized spacial score (nSPS) is 10.7. The van der Waals surface area contributed by atoms with Crippen molar-refractivity contribution in [2.24, 2.45) is 0 Å². The fourth-order valence-corrected chi connectivity index (χ4v) is 4.79. The largest absolute Gasteiger partial charge is 0.496 e. The van der Waals surface area contributed by atoms with E-state index in [1.165, 1.54) is 5.56 Å². The minimum Gasteiger partial charge on any atom is -0.496 e. The number of aryl methyl sites for hydroxylation is 1. The minimum absolute atomic E-state index is 0.0889. The third-order valence-corrected chi connectivity index (χ3v) is 7.02. The molecule has 1 N–H and O–H groups in total. The van der Waals surface area contributed by atoms with Crippen LogP contribution in [0, 0.1) is 6.92 Å². The summed E-state index contributed by atoms with van der Waals surface area (Å²) in [6, 6.07) is 29.1. The highest BCUT2D eigenvalue weighted by atomic mass is 16.5. The van der Waals surface area contributed by atoms with Gasteiger partial charge >= 0.3 is 0 Å². The van der Waals surface area contributed by atoms with E-state index in [0.717, 1.165) is 29.5 Å². The van der Waals surface area contributed by atoms with Crippen molar-refractivity contribution in [3.8, 4) is 34.4 Å². The summed E-state index contributed by atoms with van der Waals surface area (Å²) in [4.78, 5) is 15.7. The Balaban J connectivity index is 1.35. The molecule has 0 bridgehead atoms. The van der Waals surface area contributed by atoms with Crippen LogP contribution in [0.2, 0.25) is 0 Å². The number of nitrogens with one attached hydrogen (secondary N) is 1. The van der Waals surface area contributed by atoms with Crippen LogP contribution >= 0.6 is 0 Å². The van der Waals surface area contributed by atoms with Crippen LogP contribution in [0.15, 0.2) is 91.0 Å². The number of nitrogens with zero attached hydrogens (tertiary/aromatic N) is 4. The zero-order chi connectivity index (χ0) is 29.3. The Bertz CT molecular complexity index is 1580. The predicted molar refractivity (Wildman–Crippen MR) is 160 cm³/mol. The van der Waals surface area contributed by atoms with E-state index in [4.69, 9.17) is 14.2 Å². The Morgan fingerprint density at radius 2 is 1.52 bits per heavy atom. The molecular formula is C33H33N5O4. The van der Waals surface area contributed by atoms with Gasteiger partial charge in [-0.3, -0.25) is 4.79 Å². The summed E-state index contributed by atoms with van der Waals surface area (Å²) in [6.45, 7) is 2.93. The van der Waals surface area contributed by atoms with Crippen molar-refractivity contribution < 1.29 is 19.0 Å². The number of tetrazole rings is 1. The number of carbonyl (C=O) groups is 1. The number of methoxy groups -OCH3 is 2. The number of aromatic amines is 1. The van der Waals surface area contributed by atoms with Gasteiger partial charge in [-0.05, 0) is 72.5 Å². The molecule has 42 heavy (non-hydrogen) atoms. The number of H-pyrrole nitrogens is 1. The first-order valence-electron chi connectivity index (χ1n) is 13.7. The molecule has 1 heterocycles. The first-order valence-corrected chi connectivity index (χ1v) is 13.7. The molecule has 0 atom stereocenters. The lowest BCUT2D eigenvalue weighted by atomic mass is 10.1. The molecule has 0 unspecified atom stereocenters. The fraction of sp³-hybridized carbons (Fsp3) is 0.212. The Morgan fingerprint density at radius 1 is 0.833 bits per heavy atom. The molecule has 0 radical (unpaired) electrons. The molecule has 4 aromatic carbocycles. The van der Waals surface area contributed by atoms with E-state index in [9.17, 15) is 4.79 Å². The van der Waals surface area contributed by atoms with Crippen LogP contribution in [0.1, 0.15) is 33.5 Å². The molecule has 0 aliphatic carbocycles. The predicted octanol–water partition coefficient (Wildman–Crippen LogP) is 6.26. The highest BCUT2D eigenvalue weighted by Gasteiger charge is 2.20. The van der Waals surface area contributed by atoms with Crippen LogP contribution in [0.4, 0.5) is 0 Å². The summed E-state index contributed by atoms with van der Waals surface area (Å²) in [7, 11) is 3.19. The number of aromatic nitrogens is 4. The number of carbonyl (C=O) groups excluding carboxylic acids is 1. The van der Waals surface area contributed by atoms with Gasteiger partial charge in [0.1, 0.15) is 23.0 Å². The molecule has 0 spiro atoms. The molecule has 5 rings (SSSR count). The van der Waals surface area contributed by atoms with E-state index >= 15 is 0 Å². The van der Waals surface area contributed by atoms with Crippen molar-refractivity contribution in [2.75, 3.05) is 20.8 Å². The lowest BCUT2D eigenvalue weighted by Crippen LogP contribution is -2.32. The van der Waals surface area contributed by atoms with Crippen LogP contribution in [-0.4, -0.2) is 52.2 Å². The lowest BCUT2D eigenvalue weighted by molar-refractivity contribution is 0.0740. The average molecular weight is 564 g/mol. The Hall–Kier alpha value is -5.18. The monoisotopic (exact) mass is 563 g/mol. The second-order valence-corrected chi connectivity index (χ2v) is 9.80. The highest BCUT2D eigenvalue weighted by molar-refractivity contribution is 5.95. The van der Waals surface area contributed by atoms with Crippen molar-refractivity contribution >= 4 is 5.91 Å². The van der Waals surface area contributed by atoms with Crippen LogP contribution in [-0.2, 0) is 13.0 Å². The fourth-order valence-electron chi connectivity index (χ4n) is 4.79. The highest BCUT2D eigenvalue weighted by Crippen LogP contribution is 2.32. The SMILES string of the molecule is COc1cc(C(=O)N(CCCc2ccccc2)Cc2ccc(Oc3ccccc3-c3nn[nH]n3)cc2)cc(OC)c1C. The Kier molecular flexibility index (Phi) is 9.08. The van der Waals surface area contributed by atoms with E-state index in [1.54, 1.807) is 26.4 Å². The summed E-state index contributed by atoms with van der Waals surface area (Å²) in [5.41, 5.74) is 4.32. The zero-order valence-corrected chi connectivity index (χ0v) is 23.9.